The largest absolute Gasteiger partial charge is 0.378 e. The number of hydrogen-bond donors (Lipinski definition) is 1. The van der Waals surface area contributed by atoms with Gasteiger partial charge in [0.2, 0.25) is 5.91 Å². The number of amides is 2. The van der Waals surface area contributed by atoms with Crippen molar-refractivity contribution in [1.29, 1.82) is 0 Å². The van der Waals surface area contributed by atoms with Gasteiger partial charge < -0.3 is 19.9 Å². The third-order valence-electron chi connectivity index (χ3n) is 4.55. The minimum atomic E-state index is -0.208. The molecule has 2 aromatic carbocycles. The van der Waals surface area contributed by atoms with Crippen molar-refractivity contribution in [2.75, 3.05) is 49.6 Å². The number of morpholine rings is 1. The molecule has 0 saturated carbocycles. The first-order valence-corrected chi connectivity index (χ1v) is 9.24. The normalized spacial score (nSPS) is 13.9. The topological polar surface area (TPSA) is 61.9 Å². The molecule has 1 aliphatic rings. The fourth-order valence-corrected chi connectivity index (χ4v) is 3.04. The van der Waals surface area contributed by atoms with E-state index in [9.17, 15) is 9.59 Å². The summed E-state index contributed by atoms with van der Waals surface area (Å²) in [6, 6.07) is 16.8. The Bertz CT molecular complexity index is 756. The molecule has 0 bridgehead atoms. The zero-order valence-electron chi connectivity index (χ0n) is 15.6. The molecule has 3 rings (SSSR count). The van der Waals surface area contributed by atoms with Gasteiger partial charge in [0.15, 0.2) is 0 Å². The van der Waals surface area contributed by atoms with Crippen molar-refractivity contribution in [2.45, 2.75) is 6.92 Å². The molecule has 1 aliphatic heterocycles. The van der Waals surface area contributed by atoms with Gasteiger partial charge in [0.05, 0.1) is 13.2 Å². The van der Waals surface area contributed by atoms with Crippen molar-refractivity contribution in [3.05, 3.63) is 60.2 Å². The Balaban J connectivity index is 1.57. The highest BCUT2D eigenvalue weighted by Crippen LogP contribution is 2.19. The van der Waals surface area contributed by atoms with Crippen LogP contribution in [-0.4, -0.2) is 56.1 Å². The number of likely N-dealkylation sites (N-methyl/N-ethyl adjacent to an activating group) is 1. The maximum absolute atomic E-state index is 12.5. The minimum Gasteiger partial charge on any atom is -0.378 e. The van der Waals surface area contributed by atoms with Crippen LogP contribution in [0.1, 0.15) is 17.3 Å². The van der Waals surface area contributed by atoms with Crippen LogP contribution >= 0.6 is 0 Å². The van der Waals surface area contributed by atoms with Crippen molar-refractivity contribution in [1.82, 2.24) is 4.90 Å². The van der Waals surface area contributed by atoms with Crippen molar-refractivity contribution >= 4 is 23.2 Å². The molecular formula is C21H25N3O3. The molecule has 0 aromatic heterocycles. The van der Waals surface area contributed by atoms with Gasteiger partial charge in [-0.25, -0.2) is 0 Å². The molecule has 0 atom stereocenters. The van der Waals surface area contributed by atoms with E-state index in [-0.39, 0.29) is 18.4 Å². The Morgan fingerprint density at radius 2 is 1.70 bits per heavy atom. The molecular weight excluding hydrogens is 342 g/mol. The highest BCUT2D eigenvalue weighted by molar-refractivity contribution is 5.99. The van der Waals surface area contributed by atoms with Gasteiger partial charge in [-0.15, -0.1) is 0 Å². The molecule has 1 fully saturated rings. The maximum atomic E-state index is 12.5. The van der Waals surface area contributed by atoms with Gasteiger partial charge >= 0.3 is 0 Å². The van der Waals surface area contributed by atoms with Gasteiger partial charge in [0.1, 0.15) is 6.54 Å². The standard InChI is InChI=1S/C21H25N3O3/c1-2-23(21(26)17-6-4-3-5-7-17)16-20(25)22-18-8-10-19(11-9-18)24-12-14-27-15-13-24/h3-11H,2,12-16H2,1H3,(H,22,25). The van der Waals surface area contributed by atoms with Crippen LogP contribution in [0, 0.1) is 0 Å². The Kier molecular flexibility index (Phi) is 6.44. The van der Waals surface area contributed by atoms with Crippen LogP contribution in [0.25, 0.3) is 0 Å². The van der Waals surface area contributed by atoms with E-state index >= 15 is 0 Å². The first-order valence-electron chi connectivity index (χ1n) is 9.24. The van der Waals surface area contributed by atoms with Gasteiger partial charge in [-0.1, -0.05) is 18.2 Å². The lowest BCUT2D eigenvalue weighted by Crippen LogP contribution is -2.38. The highest BCUT2D eigenvalue weighted by Gasteiger charge is 2.17. The molecule has 2 aromatic rings. The number of carbonyl (C=O) groups excluding carboxylic acids is 2. The second-order valence-corrected chi connectivity index (χ2v) is 6.38. The molecule has 0 spiro atoms. The Morgan fingerprint density at radius 3 is 2.33 bits per heavy atom. The quantitative estimate of drug-likeness (QED) is 0.853. The summed E-state index contributed by atoms with van der Waals surface area (Å²) in [4.78, 5) is 28.7. The van der Waals surface area contributed by atoms with Crippen LogP contribution < -0.4 is 10.2 Å². The lowest BCUT2D eigenvalue weighted by Gasteiger charge is -2.29. The summed E-state index contributed by atoms with van der Waals surface area (Å²) in [5.74, 6) is -0.351. The van der Waals surface area contributed by atoms with Gasteiger partial charge in [0.25, 0.3) is 5.91 Å². The number of ether oxygens (including phenoxy) is 1. The molecule has 142 valence electrons. The summed E-state index contributed by atoms with van der Waals surface area (Å²) < 4.78 is 5.37. The van der Waals surface area contributed by atoms with E-state index in [1.54, 1.807) is 12.1 Å². The molecule has 1 N–H and O–H groups in total. The van der Waals surface area contributed by atoms with Crippen LogP contribution in [0.15, 0.2) is 54.6 Å². The fraction of sp³-hybridized carbons (Fsp3) is 0.333. The van der Waals surface area contributed by atoms with Gasteiger partial charge in [0, 0.05) is 36.6 Å². The number of nitrogens with one attached hydrogen (secondary N) is 1. The molecule has 2 amide bonds. The summed E-state index contributed by atoms with van der Waals surface area (Å²) in [5.41, 5.74) is 2.42. The molecule has 6 heteroatoms. The number of carbonyl (C=O) groups is 2. The Morgan fingerprint density at radius 1 is 1.04 bits per heavy atom. The van der Waals surface area contributed by atoms with Crippen LogP contribution in [0.3, 0.4) is 0 Å². The lowest BCUT2D eigenvalue weighted by molar-refractivity contribution is -0.116. The van der Waals surface area contributed by atoms with E-state index in [0.717, 1.165) is 37.7 Å². The molecule has 0 unspecified atom stereocenters. The monoisotopic (exact) mass is 367 g/mol. The molecule has 0 aliphatic carbocycles. The van der Waals surface area contributed by atoms with Crippen molar-refractivity contribution in [2.24, 2.45) is 0 Å². The third kappa shape index (κ3) is 5.08. The van der Waals surface area contributed by atoms with Crippen molar-refractivity contribution in [3.63, 3.8) is 0 Å². The summed E-state index contributed by atoms with van der Waals surface area (Å²) in [5, 5.41) is 2.87. The van der Waals surface area contributed by atoms with Gasteiger partial charge in [-0.05, 0) is 43.3 Å². The van der Waals surface area contributed by atoms with E-state index in [1.807, 2.05) is 49.4 Å². The molecule has 27 heavy (non-hydrogen) atoms. The molecule has 1 saturated heterocycles. The maximum Gasteiger partial charge on any atom is 0.254 e. The van der Waals surface area contributed by atoms with Crippen molar-refractivity contribution < 1.29 is 14.3 Å². The number of anilines is 2. The summed E-state index contributed by atoms with van der Waals surface area (Å²) in [6.07, 6.45) is 0. The van der Waals surface area contributed by atoms with E-state index in [2.05, 4.69) is 10.2 Å². The van der Waals surface area contributed by atoms with Crippen LogP contribution in [0.2, 0.25) is 0 Å². The van der Waals surface area contributed by atoms with Crippen molar-refractivity contribution in [3.8, 4) is 0 Å². The number of hydrogen-bond acceptors (Lipinski definition) is 4. The first kappa shape index (κ1) is 18.9. The minimum absolute atomic E-state index is 0.0233. The fourth-order valence-electron chi connectivity index (χ4n) is 3.04. The Hall–Kier alpha value is -2.86. The van der Waals surface area contributed by atoms with E-state index in [0.29, 0.717) is 12.1 Å². The summed E-state index contributed by atoms with van der Waals surface area (Å²) in [6.45, 7) is 5.58. The Labute approximate surface area is 159 Å². The van der Waals surface area contributed by atoms with Gasteiger partial charge in [-0.3, -0.25) is 9.59 Å². The van der Waals surface area contributed by atoms with E-state index in [4.69, 9.17) is 4.74 Å². The second kappa shape index (κ2) is 9.19. The second-order valence-electron chi connectivity index (χ2n) is 6.38. The highest BCUT2D eigenvalue weighted by atomic mass is 16.5. The average Bonchev–Trinajstić information content (AvgIpc) is 2.73. The zero-order valence-corrected chi connectivity index (χ0v) is 15.6. The number of rotatable bonds is 6. The summed E-state index contributed by atoms with van der Waals surface area (Å²) >= 11 is 0. The number of nitrogens with zero attached hydrogens (tertiary/aromatic N) is 2. The van der Waals surface area contributed by atoms with Crippen LogP contribution in [0.5, 0.6) is 0 Å². The predicted molar refractivity (Wildman–Crippen MR) is 106 cm³/mol. The van der Waals surface area contributed by atoms with Crippen LogP contribution in [-0.2, 0) is 9.53 Å². The predicted octanol–water partition coefficient (Wildman–Crippen LogP) is 2.62. The molecule has 6 nitrogen and oxygen atoms in total. The molecule has 0 radical (unpaired) electrons. The van der Waals surface area contributed by atoms with E-state index in [1.165, 1.54) is 4.90 Å². The third-order valence-corrected chi connectivity index (χ3v) is 4.55. The number of benzene rings is 2. The lowest BCUT2D eigenvalue weighted by atomic mass is 10.2. The van der Waals surface area contributed by atoms with Crippen LogP contribution in [0.4, 0.5) is 11.4 Å². The molecule has 1 heterocycles. The SMILES string of the molecule is CCN(CC(=O)Nc1ccc(N2CCOCC2)cc1)C(=O)c1ccccc1. The first-order chi connectivity index (χ1) is 13.2. The van der Waals surface area contributed by atoms with E-state index < -0.39 is 0 Å². The van der Waals surface area contributed by atoms with Gasteiger partial charge in [-0.2, -0.15) is 0 Å². The zero-order chi connectivity index (χ0) is 19.1. The average molecular weight is 367 g/mol. The summed E-state index contributed by atoms with van der Waals surface area (Å²) in [7, 11) is 0. The smallest absolute Gasteiger partial charge is 0.254 e.